The molecule has 0 nitrogen and oxygen atoms in total. The third kappa shape index (κ3) is 8.29. The molecule has 8 aromatic carbocycles. The number of fused-ring (bicyclic) bond motifs is 2. The van der Waals surface area contributed by atoms with Gasteiger partial charge in [-0.1, -0.05) is 133 Å². The molecule has 47 heavy (non-hydrogen) atoms. The van der Waals surface area contributed by atoms with Crippen LogP contribution >= 0.6 is 15.8 Å². The van der Waals surface area contributed by atoms with Gasteiger partial charge in [-0.3, -0.25) is 0 Å². The van der Waals surface area contributed by atoms with Crippen molar-refractivity contribution in [3.05, 3.63) is 194 Å². The van der Waals surface area contributed by atoms with Crippen molar-refractivity contribution in [2.75, 3.05) is 0 Å². The van der Waals surface area contributed by atoms with Crippen LogP contribution in [0.3, 0.4) is 0 Å². The second kappa shape index (κ2) is 17.2. The van der Waals surface area contributed by atoms with Gasteiger partial charge in [0.2, 0.25) is 0 Å². The zero-order valence-electron chi connectivity index (χ0n) is 25.6. The van der Waals surface area contributed by atoms with Crippen molar-refractivity contribution in [3.63, 3.8) is 0 Å². The van der Waals surface area contributed by atoms with E-state index in [4.69, 9.17) is 0 Å². The van der Waals surface area contributed by atoms with Crippen molar-refractivity contribution >= 4 is 69.2 Å². The average Bonchev–Trinajstić information content (AvgIpc) is 3.72. The minimum atomic E-state index is -0.493. The standard InChI is InChI=1S/2C21H16P.2FH.Ti/c2*1-3-11-19(12-4-1)22(20-13-5-2-6-14-20)21-15-17-9-7-8-10-18(17)16-21;;;/h2*1-16H;2*1H;/q2*-1;;;+4/p-2. The second-order valence-electron chi connectivity index (χ2n) is 10.7. The number of halogens is 2. The third-order valence-corrected chi connectivity index (χ3v) is 12.6. The summed E-state index contributed by atoms with van der Waals surface area (Å²) in [5, 5.41) is 13.8. The van der Waals surface area contributed by atoms with Gasteiger partial charge in [-0.2, -0.15) is 12.1 Å². The first kappa shape index (κ1) is 35.8. The first-order chi connectivity index (χ1) is 21.8. The van der Waals surface area contributed by atoms with E-state index in [-0.39, 0.29) is 31.1 Å². The summed E-state index contributed by atoms with van der Waals surface area (Å²) in [6.45, 7) is 0. The Balaban J connectivity index is 0.000000200. The molecule has 5 heteroatoms. The van der Waals surface area contributed by atoms with Crippen molar-refractivity contribution in [1.29, 1.82) is 0 Å². The van der Waals surface area contributed by atoms with Crippen LogP contribution in [0.15, 0.2) is 194 Å². The van der Waals surface area contributed by atoms with Gasteiger partial charge in [0.25, 0.3) is 0 Å². The number of hydrogen-bond acceptors (Lipinski definition) is 0. The van der Waals surface area contributed by atoms with Crippen molar-refractivity contribution in [3.8, 4) is 0 Å². The van der Waals surface area contributed by atoms with E-state index in [0.29, 0.717) is 0 Å². The fourth-order valence-corrected chi connectivity index (χ4v) is 10.5. The van der Waals surface area contributed by atoms with Gasteiger partial charge in [0.05, 0.1) is 0 Å². The van der Waals surface area contributed by atoms with E-state index >= 15 is 0 Å². The van der Waals surface area contributed by atoms with Crippen LogP contribution in [0.25, 0.3) is 21.5 Å². The molecule has 0 bridgehead atoms. The monoisotopic (exact) mass is 684 g/mol. The molecular formula is C42H32F2P2Ti. The van der Waals surface area contributed by atoms with Crippen molar-refractivity contribution in [2.45, 2.75) is 0 Å². The molecule has 0 aliphatic rings. The molecule has 0 saturated heterocycles. The summed E-state index contributed by atoms with van der Waals surface area (Å²) < 4.78 is 0. The molecule has 228 valence electrons. The van der Waals surface area contributed by atoms with E-state index in [1.165, 1.54) is 53.4 Å². The van der Waals surface area contributed by atoms with E-state index in [1.807, 2.05) is 0 Å². The molecule has 0 unspecified atom stereocenters. The molecule has 0 N–H and O–H groups in total. The van der Waals surface area contributed by atoms with Crippen LogP contribution in [0, 0.1) is 0 Å². The van der Waals surface area contributed by atoms with Crippen LogP contribution in [0.1, 0.15) is 0 Å². The summed E-state index contributed by atoms with van der Waals surface area (Å²) in [4.78, 5) is 0. The Kier molecular flexibility index (Phi) is 13.1. The third-order valence-electron chi connectivity index (χ3n) is 7.78. The van der Waals surface area contributed by atoms with Gasteiger partial charge in [0.1, 0.15) is 0 Å². The minimum Gasteiger partial charge on any atom is -1.00 e. The summed E-state index contributed by atoms with van der Waals surface area (Å²) in [6.07, 6.45) is 0. The average molecular weight is 685 g/mol. The minimum absolute atomic E-state index is 0. The maximum Gasteiger partial charge on any atom is 4.00 e. The Hall–Kier alpha value is -4.03. The van der Waals surface area contributed by atoms with Crippen molar-refractivity contribution in [2.24, 2.45) is 0 Å². The Morgan fingerprint density at radius 2 is 0.574 bits per heavy atom. The van der Waals surface area contributed by atoms with E-state index in [2.05, 4.69) is 194 Å². The Labute approximate surface area is 293 Å². The molecule has 0 fully saturated rings. The topological polar surface area (TPSA) is 0 Å². The first-order valence-electron chi connectivity index (χ1n) is 14.9. The van der Waals surface area contributed by atoms with E-state index in [1.54, 1.807) is 0 Å². The summed E-state index contributed by atoms with van der Waals surface area (Å²) in [7, 11) is -0.986. The van der Waals surface area contributed by atoms with Crippen molar-refractivity contribution < 1.29 is 31.1 Å². The van der Waals surface area contributed by atoms with Crippen LogP contribution in [0.2, 0.25) is 0 Å². The maximum atomic E-state index is 2.35. The predicted octanol–water partition coefficient (Wildman–Crippen LogP) is 2.64. The number of rotatable bonds is 6. The predicted molar refractivity (Wildman–Crippen MR) is 196 cm³/mol. The molecule has 0 radical (unpaired) electrons. The molecule has 0 heterocycles. The number of benzene rings is 6. The maximum absolute atomic E-state index is 2.35. The molecule has 8 rings (SSSR count). The number of hydrogen-bond donors (Lipinski definition) is 0. The molecule has 0 amide bonds. The van der Waals surface area contributed by atoms with Crippen LogP contribution in [0.5, 0.6) is 0 Å². The molecule has 0 saturated carbocycles. The molecule has 0 spiro atoms. The van der Waals surface area contributed by atoms with Crippen LogP contribution in [0.4, 0.5) is 0 Å². The summed E-state index contributed by atoms with van der Waals surface area (Å²) >= 11 is 0. The molecule has 0 aromatic heterocycles. The van der Waals surface area contributed by atoms with Crippen LogP contribution in [-0.2, 0) is 21.7 Å². The Morgan fingerprint density at radius 1 is 0.319 bits per heavy atom. The van der Waals surface area contributed by atoms with Gasteiger partial charge in [-0.05, 0) is 37.1 Å². The molecule has 8 aromatic rings. The quantitative estimate of drug-likeness (QED) is 0.144. The fraction of sp³-hybridized carbons (Fsp3) is 0. The molecule has 0 aliphatic heterocycles. The van der Waals surface area contributed by atoms with E-state index in [0.717, 1.165) is 0 Å². The summed E-state index contributed by atoms with van der Waals surface area (Å²) in [6, 6.07) is 70.0. The zero-order chi connectivity index (χ0) is 29.6. The Bertz CT molecular complexity index is 1780. The Morgan fingerprint density at radius 3 is 0.851 bits per heavy atom. The van der Waals surface area contributed by atoms with E-state index < -0.39 is 15.8 Å². The van der Waals surface area contributed by atoms with Gasteiger partial charge in [-0.25, -0.2) is 0 Å². The van der Waals surface area contributed by atoms with Crippen molar-refractivity contribution in [1.82, 2.24) is 0 Å². The van der Waals surface area contributed by atoms with Gasteiger partial charge in [0, 0.05) is 0 Å². The molecule has 0 aliphatic carbocycles. The van der Waals surface area contributed by atoms with E-state index in [9.17, 15) is 0 Å². The summed E-state index contributed by atoms with van der Waals surface area (Å²) in [5.41, 5.74) is 0. The normalized spacial score (nSPS) is 10.4. The second-order valence-corrected chi connectivity index (χ2v) is 15.1. The van der Waals surface area contributed by atoms with Crippen LogP contribution in [-0.4, -0.2) is 0 Å². The smallest absolute Gasteiger partial charge is 1.00 e. The largest absolute Gasteiger partial charge is 4.00 e. The van der Waals surface area contributed by atoms with Crippen LogP contribution < -0.4 is 41.2 Å². The SMILES string of the molecule is [F-].[F-].[Ti+4].c1ccc(P(c2ccccc2)c2cc3ccccc3[cH-]2)cc1.c1ccc(P(c2ccccc2)c2cc3ccccc3[cH-]2)cc1. The molecule has 0 atom stereocenters. The van der Waals surface area contributed by atoms with Gasteiger partial charge in [0.15, 0.2) is 0 Å². The van der Waals surface area contributed by atoms with Gasteiger partial charge >= 0.3 is 21.7 Å². The first-order valence-corrected chi connectivity index (χ1v) is 17.6. The summed E-state index contributed by atoms with van der Waals surface area (Å²) in [5.74, 6) is 0. The zero-order valence-corrected chi connectivity index (χ0v) is 29.0. The molecular weight excluding hydrogens is 652 g/mol. The fourth-order valence-electron chi connectivity index (χ4n) is 5.73. The van der Waals surface area contributed by atoms with Gasteiger partial charge < -0.3 is 9.41 Å². The van der Waals surface area contributed by atoms with Gasteiger partial charge in [-0.15, -0.1) is 80.7 Å².